The van der Waals surface area contributed by atoms with Gasteiger partial charge in [-0.1, -0.05) is 17.7 Å². The van der Waals surface area contributed by atoms with Crippen LogP contribution in [-0.2, 0) is 11.4 Å². The summed E-state index contributed by atoms with van der Waals surface area (Å²) in [7, 11) is 0. The highest BCUT2D eigenvalue weighted by Crippen LogP contribution is 2.23. The van der Waals surface area contributed by atoms with Crippen LogP contribution in [0.25, 0.3) is 10.9 Å². The van der Waals surface area contributed by atoms with Crippen molar-refractivity contribution >= 4 is 28.0 Å². The van der Waals surface area contributed by atoms with Crippen LogP contribution in [0.15, 0.2) is 59.6 Å². The van der Waals surface area contributed by atoms with Gasteiger partial charge < -0.3 is 4.55 Å². The fourth-order valence-electron chi connectivity index (χ4n) is 2.25. The standard InChI is InChI=1S/C17H15NO2S/c1-12-3-6-16(7-4-12)21(20)18-10-9-15-11-14(13(2)19)5-8-17(15)18/h3-11H,1-2H3. The Hall–Kier alpha value is -2.04. The molecule has 1 atom stereocenters. The second-order valence-corrected chi connectivity index (χ2v) is 6.40. The lowest BCUT2D eigenvalue weighted by molar-refractivity contribution is 0.101. The van der Waals surface area contributed by atoms with Crippen molar-refractivity contribution in [1.82, 2.24) is 3.97 Å². The van der Waals surface area contributed by atoms with Crippen LogP contribution >= 0.6 is 0 Å². The van der Waals surface area contributed by atoms with E-state index in [1.165, 1.54) is 0 Å². The van der Waals surface area contributed by atoms with Gasteiger partial charge in [0.25, 0.3) is 0 Å². The SMILES string of the molecule is CC(=O)c1ccc2c(ccn2[S+]([O-])c2ccc(C)cc2)c1. The zero-order valence-electron chi connectivity index (χ0n) is 11.9. The first-order valence-electron chi connectivity index (χ1n) is 6.67. The van der Waals surface area contributed by atoms with E-state index < -0.39 is 11.4 Å². The average Bonchev–Trinajstić information content (AvgIpc) is 2.90. The molecule has 0 amide bonds. The molecule has 0 aliphatic rings. The highest BCUT2D eigenvalue weighted by molar-refractivity contribution is 7.90. The highest BCUT2D eigenvalue weighted by Gasteiger charge is 2.17. The first kappa shape index (κ1) is 13.9. The number of benzene rings is 2. The second kappa shape index (κ2) is 5.39. The highest BCUT2D eigenvalue weighted by atomic mass is 32.2. The molecule has 0 radical (unpaired) electrons. The molecule has 4 heteroatoms. The van der Waals surface area contributed by atoms with E-state index in [4.69, 9.17) is 0 Å². The fourth-order valence-corrected chi connectivity index (χ4v) is 3.36. The van der Waals surface area contributed by atoms with Crippen LogP contribution in [0.4, 0.5) is 0 Å². The van der Waals surface area contributed by atoms with Crippen molar-refractivity contribution in [2.24, 2.45) is 0 Å². The minimum absolute atomic E-state index is 0.0318. The van der Waals surface area contributed by atoms with Gasteiger partial charge >= 0.3 is 0 Å². The summed E-state index contributed by atoms with van der Waals surface area (Å²) >= 11 is -1.28. The third-order valence-corrected chi connectivity index (χ3v) is 4.81. The molecule has 1 heterocycles. The summed E-state index contributed by atoms with van der Waals surface area (Å²) in [6.07, 6.45) is 1.80. The molecule has 1 aromatic heterocycles. The number of aryl methyl sites for hydroxylation is 1. The van der Waals surface area contributed by atoms with Crippen LogP contribution in [0.1, 0.15) is 22.8 Å². The summed E-state index contributed by atoms with van der Waals surface area (Å²) in [5.41, 5.74) is 2.67. The lowest BCUT2D eigenvalue weighted by atomic mass is 10.1. The quantitative estimate of drug-likeness (QED) is 0.546. The van der Waals surface area contributed by atoms with E-state index in [2.05, 4.69) is 0 Å². The van der Waals surface area contributed by atoms with Crippen LogP contribution < -0.4 is 0 Å². The normalized spacial score (nSPS) is 12.5. The van der Waals surface area contributed by atoms with Crippen LogP contribution in [0.2, 0.25) is 0 Å². The largest absolute Gasteiger partial charge is 0.587 e. The molecule has 106 valence electrons. The number of fused-ring (bicyclic) bond motifs is 1. The van der Waals surface area contributed by atoms with Gasteiger partial charge in [0.2, 0.25) is 0 Å². The molecule has 21 heavy (non-hydrogen) atoms. The van der Waals surface area contributed by atoms with Gasteiger partial charge in [-0.3, -0.25) is 4.79 Å². The van der Waals surface area contributed by atoms with E-state index in [1.54, 1.807) is 23.2 Å². The molecule has 0 aliphatic heterocycles. The lowest BCUT2D eigenvalue weighted by Gasteiger charge is -2.11. The van der Waals surface area contributed by atoms with Gasteiger partial charge in [-0.25, -0.2) is 0 Å². The molecule has 3 nitrogen and oxygen atoms in total. The number of hydrogen-bond acceptors (Lipinski definition) is 2. The van der Waals surface area contributed by atoms with Crippen LogP contribution in [0.3, 0.4) is 0 Å². The molecule has 0 N–H and O–H groups in total. The van der Waals surface area contributed by atoms with E-state index >= 15 is 0 Å². The summed E-state index contributed by atoms with van der Waals surface area (Å²) in [5, 5.41) is 0.920. The minimum Gasteiger partial charge on any atom is -0.587 e. The zero-order chi connectivity index (χ0) is 15.0. The van der Waals surface area contributed by atoms with Gasteiger partial charge in [0, 0.05) is 10.9 Å². The van der Waals surface area contributed by atoms with Crippen molar-refractivity contribution in [2.75, 3.05) is 0 Å². The Balaban J connectivity index is 2.04. The van der Waals surface area contributed by atoms with Crippen molar-refractivity contribution in [3.8, 4) is 0 Å². The van der Waals surface area contributed by atoms with E-state index in [0.717, 1.165) is 21.4 Å². The summed E-state index contributed by atoms with van der Waals surface area (Å²) in [6.45, 7) is 3.55. The molecule has 1 unspecified atom stereocenters. The smallest absolute Gasteiger partial charge is 0.180 e. The van der Waals surface area contributed by atoms with Crippen LogP contribution in [0.5, 0.6) is 0 Å². The molecule has 2 aromatic carbocycles. The van der Waals surface area contributed by atoms with Crippen molar-refractivity contribution in [2.45, 2.75) is 18.7 Å². The molecular formula is C17H15NO2S. The number of carbonyl (C=O) groups excluding carboxylic acids is 1. The number of rotatable bonds is 3. The third-order valence-electron chi connectivity index (χ3n) is 3.46. The maximum absolute atomic E-state index is 12.7. The molecule has 0 bridgehead atoms. The molecule has 3 aromatic rings. The van der Waals surface area contributed by atoms with E-state index in [-0.39, 0.29) is 5.78 Å². The monoisotopic (exact) mass is 297 g/mol. The predicted molar refractivity (Wildman–Crippen MR) is 84.9 cm³/mol. The zero-order valence-corrected chi connectivity index (χ0v) is 12.7. The molecule has 3 rings (SSSR count). The number of carbonyl (C=O) groups is 1. The van der Waals surface area contributed by atoms with E-state index in [9.17, 15) is 9.35 Å². The van der Waals surface area contributed by atoms with Crippen molar-refractivity contribution < 1.29 is 9.35 Å². The van der Waals surface area contributed by atoms with Gasteiger partial charge in [-0.05, 0) is 50.2 Å². The second-order valence-electron chi connectivity index (χ2n) is 5.03. The van der Waals surface area contributed by atoms with E-state index in [1.807, 2.05) is 49.4 Å². The molecule has 0 spiro atoms. The number of Topliss-reactive ketones (excluding diaryl/α,β-unsaturated/α-hetero) is 1. The Labute approximate surface area is 126 Å². The van der Waals surface area contributed by atoms with Crippen molar-refractivity contribution in [3.05, 3.63) is 65.9 Å². The van der Waals surface area contributed by atoms with Gasteiger partial charge in [-0.15, -0.1) is 0 Å². The summed E-state index contributed by atoms with van der Waals surface area (Å²) in [4.78, 5) is 12.2. The van der Waals surface area contributed by atoms with Gasteiger partial charge in [0.15, 0.2) is 10.7 Å². The number of hydrogen-bond donors (Lipinski definition) is 0. The first-order chi connectivity index (χ1) is 10.1. The molecule has 0 saturated carbocycles. The fraction of sp³-hybridized carbons (Fsp3) is 0.118. The summed E-state index contributed by atoms with van der Waals surface area (Å²) in [5.74, 6) is 0.0318. The Morgan fingerprint density at radius 2 is 1.81 bits per heavy atom. The Morgan fingerprint density at radius 3 is 2.48 bits per heavy atom. The maximum atomic E-state index is 12.7. The first-order valence-corrected chi connectivity index (χ1v) is 7.78. The van der Waals surface area contributed by atoms with Crippen LogP contribution in [-0.4, -0.2) is 14.3 Å². The summed E-state index contributed by atoms with van der Waals surface area (Å²) in [6, 6.07) is 15.0. The van der Waals surface area contributed by atoms with E-state index in [0.29, 0.717) is 5.56 Å². The molecule has 0 fully saturated rings. The predicted octanol–water partition coefficient (Wildman–Crippen LogP) is 3.72. The third kappa shape index (κ3) is 2.60. The lowest BCUT2D eigenvalue weighted by Crippen LogP contribution is -2.11. The number of ketones is 1. The van der Waals surface area contributed by atoms with Gasteiger partial charge in [0.1, 0.15) is 11.4 Å². The number of aromatic nitrogens is 1. The van der Waals surface area contributed by atoms with Gasteiger partial charge in [0.05, 0.1) is 11.7 Å². The Morgan fingerprint density at radius 1 is 1.10 bits per heavy atom. The minimum atomic E-state index is -1.28. The van der Waals surface area contributed by atoms with Crippen LogP contribution in [0, 0.1) is 6.92 Å². The van der Waals surface area contributed by atoms with Gasteiger partial charge in [-0.2, -0.15) is 3.97 Å². The Bertz CT molecular complexity index is 805. The summed E-state index contributed by atoms with van der Waals surface area (Å²) < 4.78 is 14.4. The van der Waals surface area contributed by atoms with Crippen molar-refractivity contribution in [1.29, 1.82) is 0 Å². The molecular weight excluding hydrogens is 282 g/mol. The van der Waals surface area contributed by atoms with Crippen molar-refractivity contribution in [3.63, 3.8) is 0 Å². The average molecular weight is 297 g/mol. The molecule has 0 aliphatic carbocycles. The molecule has 0 saturated heterocycles. The Kier molecular flexibility index (Phi) is 3.57. The maximum Gasteiger partial charge on any atom is 0.180 e. The topological polar surface area (TPSA) is 45.1 Å². The number of nitrogens with zero attached hydrogens (tertiary/aromatic N) is 1.